The molecule has 0 spiro atoms. The summed E-state index contributed by atoms with van der Waals surface area (Å²) in [6, 6.07) is 9.02. The van der Waals surface area contributed by atoms with Crippen molar-refractivity contribution >= 4 is 11.0 Å². The van der Waals surface area contributed by atoms with Gasteiger partial charge < -0.3 is 9.73 Å². The van der Waals surface area contributed by atoms with Gasteiger partial charge >= 0.3 is 0 Å². The lowest BCUT2D eigenvalue weighted by molar-refractivity contribution is 0.109. The smallest absolute Gasteiger partial charge is 0.134 e. The Bertz CT molecular complexity index is 604. The zero-order chi connectivity index (χ0) is 14.8. The van der Waals surface area contributed by atoms with Crippen molar-refractivity contribution in [3.05, 3.63) is 35.6 Å². The molecule has 1 aliphatic rings. The lowest BCUT2D eigenvalue weighted by Crippen LogP contribution is -2.40. The van der Waals surface area contributed by atoms with E-state index in [1.807, 2.05) is 13.1 Å². The number of rotatable bonds is 4. The highest BCUT2D eigenvalue weighted by atomic mass is 16.3. The van der Waals surface area contributed by atoms with Crippen LogP contribution in [0.25, 0.3) is 11.0 Å². The molecular weight excluding hydrogens is 260 g/mol. The van der Waals surface area contributed by atoms with E-state index in [0.717, 1.165) is 30.4 Å². The molecule has 3 rings (SSSR count). The maximum absolute atomic E-state index is 6.16. The van der Waals surface area contributed by atoms with E-state index in [2.05, 4.69) is 42.3 Å². The van der Waals surface area contributed by atoms with Gasteiger partial charge in [-0.2, -0.15) is 0 Å². The Hall–Kier alpha value is -1.32. The molecule has 0 bridgehead atoms. The van der Waals surface area contributed by atoms with E-state index in [4.69, 9.17) is 4.42 Å². The van der Waals surface area contributed by atoms with Crippen molar-refractivity contribution < 1.29 is 4.42 Å². The second kappa shape index (κ2) is 6.20. The minimum atomic E-state index is 0.650. The topological polar surface area (TPSA) is 28.4 Å². The lowest BCUT2D eigenvalue weighted by atomic mass is 9.95. The van der Waals surface area contributed by atoms with Crippen molar-refractivity contribution in [1.82, 2.24) is 10.2 Å². The molecule has 0 saturated carbocycles. The number of fused-ring (bicyclic) bond motifs is 1. The van der Waals surface area contributed by atoms with Crippen molar-refractivity contribution in [2.45, 2.75) is 45.8 Å². The van der Waals surface area contributed by atoms with Crippen LogP contribution in [0.2, 0.25) is 0 Å². The Morgan fingerprint density at radius 3 is 2.86 bits per heavy atom. The third-order valence-electron chi connectivity index (χ3n) is 4.73. The Balaban J connectivity index is 1.90. The van der Waals surface area contributed by atoms with Crippen LogP contribution in [0.1, 0.15) is 38.0 Å². The van der Waals surface area contributed by atoms with Gasteiger partial charge in [0, 0.05) is 30.1 Å². The number of piperidine rings is 1. The monoisotopic (exact) mass is 286 g/mol. The summed E-state index contributed by atoms with van der Waals surface area (Å²) in [7, 11) is 2.00. The van der Waals surface area contributed by atoms with E-state index in [9.17, 15) is 0 Å². The van der Waals surface area contributed by atoms with E-state index >= 15 is 0 Å². The normalized spacial score (nSPS) is 23.8. The first-order valence-corrected chi connectivity index (χ1v) is 8.07. The van der Waals surface area contributed by atoms with Crippen molar-refractivity contribution in [1.29, 1.82) is 0 Å². The summed E-state index contributed by atoms with van der Waals surface area (Å²) in [4.78, 5) is 2.57. The van der Waals surface area contributed by atoms with Crippen molar-refractivity contribution in [3.63, 3.8) is 0 Å². The summed E-state index contributed by atoms with van der Waals surface area (Å²) in [5.74, 6) is 1.92. The second-order valence-electron chi connectivity index (χ2n) is 6.49. The number of para-hydroxylation sites is 1. The van der Waals surface area contributed by atoms with Crippen LogP contribution >= 0.6 is 0 Å². The number of benzene rings is 1. The van der Waals surface area contributed by atoms with Crippen LogP contribution < -0.4 is 5.32 Å². The van der Waals surface area contributed by atoms with Gasteiger partial charge in [-0.25, -0.2) is 0 Å². The van der Waals surface area contributed by atoms with Gasteiger partial charge in [-0.1, -0.05) is 25.1 Å². The minimum Gasteiger partial charge on any atom is -0.459 e. The molecule has 0 aliphatic carbocycles. The van der Waals surface area contributed by atoms with Crippen molar-refractivity contribution in [2.75, 3.05) is 13.6 Å². The Labute approximate surface area is 127 Å². The number of hydrogen-bond donors (Lipinski definition) is 1. The molecular formula is C18H26N2O. The number of likely N-dealkylation sites (tertiary alicyclic amines) is 1. The lowest BCUT2D eigenvalue weighted by Gasteiger charge is -2.36. The SMILES string of the molecule is CNCc1c(CN2CC(C)CCC2C)oc2ccccc12. The number of nitrogens with one attached hydrogen (secondary N) is 1. The van der Waals surface area contributed by atoms with Gasteiger partial charge in [0.1, 0.15) is 11.3 Å². The van der Waals surface area contributed by atoms with Crippen LogP contribution in [0, 0.1) is 5.92 Å². The molecule has 3 heteroatoms. The molecule has 21 heavy (non-hydrogen) atoms. The molecule has 1 aromatic heterocycles. The summed E-state index contributed by atoms with van der Waals surface area (Å²) in [6.07, 6.45) is 2.64. The number of furan rings is 1. The average molecular weight is 286 g/mol. The van der Waals surface area contributed by atoms with Crippen LogP contribution in [0.4, 0.5) is 0 Å². The maximum atomic E-state index is 6.16. The predicted molar refractivity (Wildman–Crippen MR) is 87.2 cm³/mol. The van der Waals surface area contributed by atoms with Gasteiger partial charge in [0.2, 0.25) is 0 Å². The first kappa shape index (κ1) is 14.6. The van der Waals surface area contributed by atoms with E-state index in [-0.39, 0.29) is 0 Å². The van der Waals surface area contributed by atoms with E-state index < -0.39 is 0 Å². The molecule has 0 amide bonds. The van der Waals surface area contributed by atoms with Gasteiger partial charge in [-0.05, 0) is 38.8 Å². The van der Waals surface area contributed by atoms with Gasteiger partial charge in [0.25, 0.3) is 0 Å². The van der Waals surface area contributed by atoms with E-state index in [1.54, 1.807) is 0 Å². The van der Waals surface area contributed by atoms with Crippen LogP contribution in [-0.4, -0.2) is 24.5 Å². The third kappa shape index (κ3) is 2.99. The highest BCUT2D eigenvalue weighted by Crippen LogP contribution is 2.29. The summed E-state index contributed by atoms with van der Waals surface area (Å²) in [6.45, 7) is 7.66. The zero-order valence-electron chi connectivity index (χ0n) is 13.4. The fourth-order valence-corrected chi connectivity index (χ4v) is 3.43. The van der Waals surface area contributed by atoms with Gasteiger partial charge in [0.15, 0.2) is 0 Å². The molecule has 0 radical (unpaired) electrons. The van der Waals surface area contributed by atoms with Crippen LogP contribution in [0.15, 0.2) is 28.7 Å². The fraction of sp³-hybridized carbons (Fsp3) is 0.556. The molecule has 2 heterocycles. The molecule has 114 valence electrons. The number of nitrogens with zero attached hydrogens (tertiary/aromatic N) is 1. The summed E-state index contributed by atoms with van der Waals surface area (Å²) in [5, 5.41) is 4.53. The standard InChI is InChI=1S/C18H26N2O/c1-13-8-9-14(2)20(11-13)12-18-16(10-19-3)15-6-4-5-7-17(15)21-18/h4-7,13-14,19H,8-12H2,1-3H3. The Morgan fingerprint density at radius 1 is 1.24 bits per heavy atom. The van der Waals surface area contributed by atoms with Gasteiger partial charge in [-0.3, -0.25) is 4.90 Å². The highest BCUT2D eigenvalue weighted by Gasteiger charge is 2.25. The minimum absolute atomic E-state index is 0.650. The molecule has 2 unspecified atom stereocenters. The molecule has 2 aromatic rings. The quantitative estimate of drug-likeness (QED) is 0.927. The van der Waals surface area contributed by atoms with Crippen molar-refractivity contribution in [2.24, 2.45) is 5.92 Å². The fourth-order valence-electron chi connectivity index (χ4n) is 3.43. The van der Waals surface area contributed by atoms with Crippen LogP contribution in [0.3, 0.4) is 0 Å². The zero-order valence-corrected chi connectivity index (χ0v) is 13.4. The van der Waals surface area contributed by atoms with Crippen LogP contribution in [-0.2, 0) is 13.1 Å². The Kier molecular flexibility index (Phi) is 4.32. The molecule has 1 fully saturated rings. The summed E-state index contributed by atoms with van der Waals surface area (Å²) in [5.41, 5.74) is 2.33. The average Bonchev–Trinajstić information content (AvgIpc) is 2.81. The van der Waals surface area contributed by atoms with E-state index in [1.165, 1.54) is 30.3 Å². The largest absolute Gasteiger partial charge is 0.459 e. The number of hydrogen-bond acceptors (Lipinski definition) is 3. The van der Waals surface area contributed by atoms with Gasteiger partial charge in [-0.15, -0.1) is 0 Å². The van der Waals surface area contributed by atoms with Crippen LogP contribution in [0.5, 0.6) is 0 Å². The molecule has 1 N–H and O–H groups in total. The molecule has 1 saturated heterocycles. The first-order valence-electron chi connectivity index (χ1n) is 8.07. The van der Waals surface area contributed by atoms with Crippen molar-refractivity contribution in [3.8, 4) is 0 Å². The molecule has 1 aromatic carbocycles. The summed E-state index contributed by atoms with van der Waals surface area (Å²) >= 11 is 0. The first-order chi connectivity index (χ1) is 10.2. The maximum Gasteiger partial charge on any atom is 0.134 e. The second-order valence-corrected chi connectivity index (χ2v) is 6.49. The van der Waals surface area contributed by atoms with Gasteiger partial charge in [0.05, 0.1) is 6.54 Å². The molecule has 1 aliphatic heterocycles. The van der Waals surface area contributed by atoms with E-state index in [0.29, 0.717) is 6.04 Å². The third-order valence-corrected chi connectivity index (χ3v) is 4.73. The Morgan fingerprint density at radius 2 is 2.05 bits per heavy atom. The predicted octanol–water partition coefficient (Wildman–Crippen LogP) is 3.77. The highest BCUT2D eigenvalue weighted by molar-refractivity contribution is 5.82. The molecule has 3 nitrogen and oxygen atoms in total. The summed E-state index contributed by atoms with van der Waals surface area (Å²) < 4.78 is 6.16. The molecule has 2 atom stereocenters.